The van der Waals surface area contributed by atoms with Gasteiger partial charge in [-0.25, -0.2) is 0 Å². The van der Waals surface area contributed by atoms with Crippen molar-refractivity contribution in [1.82, 2.24) is 10.2 Å². The molecule has 0 radical (unpaired) electrons. The predicted molar refractivity (Wildman–Crippen MR) is 108 cm³/mol. The average molecular weight is 391 g/mol. The van der Waals surface area contributed by atoms with Crippen molar-refractivity contribution in [1.29, 1.82) is 0 Å². The monoisotopic (exact) mass is 390 g/mol. The normalized spacial score (nSPS) is 18.8. The molecular weight excluding hydrogens is 367 g/mol. The summed E-state index contributed by atoms with van der Waals surface area (Å²) in [5.74, 6) is 0.943. The highest BCUT2D eigenvalue weighted by Crippen LogP contribution is 2.34. The van der Waals surface area contributed by atoms with E-state index in [4.69, 9.17) is 11.6 Å². The van der Waals surface area contributed by atoms with E-state index in [1.54, 1.807) is 0 Å². The second kappa shape index (κ2) is 8.43. The first-order valence-electron chi connectivity index (χ1n) is 9.03. The predicted octanol–water partition coefficient (Wildman–Crippen LogP) is 4.39. The lowest BCUT2D eigenvalue weighted by molar-refractivity contribution is -0.134. The van der Waals surface area contributed by atoms with Crippen LogP contribution in [0.4, 0.5) is 0 Å². The lowest BCUT2D eigenvalue weighted by Gasteiger charge is -2.37. The molecule has 2 aromatic carbocycles. The van der Waals surface area contributed by atoms with Crippen LogP contribution in [0.1, 0.15) is 35.6 Å². The van der Waals surface area contributed by atoms with Crippen molar-refractivity contribution in [2.24, 2.45) is 5.92 Å². The molecular formula is C21H24Cl2N2O. The number of benzene rings is 2. The number of fused-ring (bicyclic) bond motifs is 1. The Kier molecular flexibility index (Phi) is 6.23. The summed E-state index contributed by atoms with van der Waals surface area (Å²) in [4.78, 5) is 14.9. The molecule has 3 nitrogen and oxygen atoms in total. The van der Waals surface area contributed by atoms with E-state index in [0.29, 0.717) is 13.1 Å². The third-order valence-corrected chi connectivity index (χ3v) is 5.44. The van der Waals surface area contributed by atoms with Crippen LogP contribution < -0.4 is 5.32 Å². The highest BCUT2D eigenvalue weighted by molar-refractivity contribution is 6.30. The standard InChI is InChI=1S/C21H23ClN2O.ClH/c22-19-9-8-17-11-20(16-4-2-1-3-5-16)24(14-18(17)10-19)21(25)13-23-12-15-6-7-15;/h1-5,8-10,15,20,23H,6-7,11-14H2;1H. The molecule has 4 rings (SSSR count). The number of nitrogens with one attached hydrogen (secondary N) is 1. The number of amides is 1. The van der Waals surface area contributed by atoms with Gasteiger partial charge in [0.2, 0.25) is 5.91 Å². The largest absolute Gasteiger partial charge is 0.330 e. The van der Waals surface area contributed by atoms with Crippen LogP contribution in [-0.4, -0.2) is 23.9 Å². The van der Waals surface area contributed by atoms with Crippen molar-refractivity contribution < 1.29 is 4.79 Å². The number of carbonyl (C=O) groups excluding carboxylic acids is 1. The first-order valence-corrected chi connectivity index (χ1v) is 9.41. The molecule has 5 heteroatoms. The van der Waals surface area contributed by atoms with E-state index >= 15 is 0 Å². The van der Waals surface area contributed by atoms with Gasteiger partial charge in [-0.05, 0) is 60.5 Å². The fraction of sp³-hybridized carbons (Fsp3) is 0.381. The molecule has 0 saturated heterocycles. The van der Waals surface area contributed by atoms with E-state index in [9.17, 15) is 4.79 Å². The van der Waals surface area contributed by atoms with Crippen molar-refractivity contribution in [2.45, 2.75) is 31.8 Å². The summed E-state index contributed by atoms with van der Waals surface area (Å²) < 4.78 is 0. The molecule has 1 N–H and O–H groups in total. The quantitative estimate of drug-likeness (QED) is 0.820. The van der Waals surface area contributed by atoms with Gasteiger partial charge < -0.3 is 10.2 Å². The molecule has 1 fully saturated rings. The smallest absolute Gasteiger partial charge is 0.237 e. The molecule has 0 aromatic heterocycles. The molecule has 1 atom stereocenters. The second-order valence-electron chi connectivity index (χ2n) is 7.14. The van der Waals surface area contributed by atoms with Gasteiger partial charge in [0.05, 0.1) is 12.6 Å². The van der Waals surface area contributed by atoms with Crippen LogP contribution in [0.15, 0.2) is 48.5 Å². The summed E-state index contributed by atoms with van der Waals surface area (Å²) in [5, 5.41) is 4.07. The fourth-order valence-corrected chi connectivity index (χ4v) is 3.79. The van der Waals surface area contributed by atoms with Crippen molar-refractivity contribution in [3.8, 4) is 0 Å². The summed E-state index contributed by atoms with van der Waals surface area (Å²) in [6.45, 7) is 1.99. The van der Waals surface area contributed by atoms with E-state index in [0.717, 1.165) is 29.5 Å². The van der Waals surface area contributed by atoms with Gasteiger partial charge in [-0.3, -0.25) is 4.79 Å². The van der Waals surface area contributed by atoms with Crippen molar-refractivity contribution in [2.75, 3.05) is 13.1 Å². The fourth-order valence-electron chi connectivity index (χ4n) is 3.59. The van der Waals surface area contributed by atoms with Gasteiger partial charge >= 0.3 is 0 Å². The van der Waals surface area contributed by atoms with Crippen LogP contribution in [0.2, 0.25) is 5.02 Å². The molecule has 1 amide bonds. The zero-order valence-corrected chi connectivity index (χ0v) is 16.2. The van der Waals surface area contributed by atoms with Crippen LogP contribution in [0.5, 0.6) is 0 Å². The lowest BCUT2D eigenvalue weighted by atomic mass is 9.90. The molecule has 1 aliphatic carbocycles. The second-order valence-corrected chi connectivity index (χ2v) is 7.58. The van der Waals surface area contributed by atoms with E-state index in [1.165, 1.54) is 24.0 Å². The van der Waals surface area contributed by atoms with Crippen LogP contribution in [0.25, 0.3) is 0 Å². The summed E-state index contributed by atoms with van der Waals surface area (Å²) >= 11 is 6.17. The number of hydrogen-bond donors (Lipinski definition) is 1. The highest BCUT2D eigenvalue weighted by atomic mass is 35.5. The van der Waals surface area contributed by atoms with Crippen LogP contribution >= 0.6 is 24.0 Å². The molecule has 26 heavy (non-hydrogen) atoms. The molecule has 1 heterocycles. The Bertz CT molecular complexity index is 762. The van der Waals surface area contributed by atoms with Gasteiger partial charge in [-0.2, -0.15) is 0 Å². The number of halogens is 2. The average Bonchev–Trinajstić information content (AvgIpc) is 3.45. The number of rotatable bonds is 5. The van der Waals surface area contributed by atoms with E-state index in [2.05, 4.69) is 23.5 Å². The zero-order chi connectivity index (χ0) is 17.2. The van der Waals surface area contributed by atoms with Crippen molar-refractivity contribution in [3.05, 3.63) is 70.2 Å². The van der Waals surface area contributed by atoms with Gasteiger partial charge in [0.15, 0.2) is 0 Å². The summed E-state index contributed by atoms with van der Waals surface area (Å²) in [7, 11) is 0. The molecule has 1 unspecified atom stereocenters. The molecule has 1 saturated carbocycles. The van der Waals surface area contributed by atoms with E-state index < -0.39 is 0 Å². The van der Waals surface area contributed by atoms with Gasteiger partial charge in [-0.15, -0.1) is 12.4 Å². The third kappa shape index (κ3) is 4.40. The van der Waals surface area contributed by atoms with Crippen molar-refractivity contribution in [3.63, 3.8) is 0 Å². The molecule has 138 valence electrons. The maximum Gasteiger partial charge on any atom is 0.237 e. The first kappa shape index (κ1) is 19.2. The molecule has 0 bridgehead atoms. The Balaban J connectivity index is 0.00000196. The number of hydrogen-bond acceptors (Lipinski definition) is 2. The third-order valence-electron chi connectivity index (χ3n) is 5.21. The first-order chi connectivity index (χ1) is 12.2. The molecule has 0 spiro atoms. The topological polar surface area (TPSA) is 32.3 Å². The minimum atomic E-state index is 0. The van der Waals surface area contributed by atoms with Crippen LogP contribution in [0, 0.1) is 5.92 Å². The highest BCUT2D eigenvalue weighted by Gasteiger charge is 2.31. The lowest BCUT2D eigenvalue weighted by Crippen LogP contribution is -2.43. The minimum absolute atomic E-state index is 0. The minimum Gasteiger partial charge on any atom is -0.330 e. The summed E-state index contributed by atoms with van der Waals surface area (Å²) in [6, 6.07) is 16.5. The van der Waals surface area contributed by atoms with Gasteiger partial charge in [-0.1, -0.05) is 48.0 Å². The van der Waals surface area contributed by atoms with Gasteiger partial charge in [0, 0.05) is 11.6 Å². The van der Waals surface area contributed by atoms with Gasteiger partial charge in [0.1, 0.15) is 0 Å². The molecule has 2 aliphatic rings. The zero-order valence-electron chi connectivity index (χ0n) is 14.7. The number of carbonyl (C=O) groups is 1. The Morgan fingerprint density at radius 3 is 2.62 bits per heavy atom. The Hall–Kier alpha value is -1.55. The SMILES string of the molecule is Cl.O=C(CNCC1CC1)N1Cc2cc(Cl)ccc2CC1c1ccccc1. The number of nitrogens with zero attached hydrogens (tertiary/aromatic N) is 1. The Morgan fingerprint density at radius 2 is 1.88 bits per heavy atom. The van der Waals surface area contributed by atoms with E-state index in [-0.39, 0.29) is 24.4 Å². The Labute approximate surface area is 166 Å². The molecule has 1 aliphatic heterocycles. The summed E-state index contributed by atoms with van der Waals surface area (Å²) in [6.07, 6.45) is 3.43. The van der Waals surface area contributed by atoms with Crippen LogP contribution in [-0.2, 0) is 17.8 Å². The van der Waals surface area contributed by atoms with Crippen molar-refractivity contribution >= 4 is 29.9 Å². The maximum atomic E-state index is 12.9. The van der Waals surface area contributed by atoms with E-state index in [1.807, 2.05) is 35.2 Å². The maximum absolute atomic E-state index is 12.9. The molecule has 2 aromatic rings. The summed E-state index contributed by atoms with van der Waals surface area (Å²) in [5.41, 5.74) is 3.64. The Morgan fingerprint density at radius 1 is 1.12 bits per heavy atom. The van der Waals surface area contributed by atoms with Crippen LogP contribution in [0.3, 0.4) is 0 Å². The van der Waals surface area contributed by atoms with Gasteiger partial charge in [0.25, 0.3) is 0 Å².